The molecule has 1 atom stereocenters. The molecule has 0 aromatic heterocycles. The number of carboxylic acids is 1. The van der Waals surface area contributed by atoms with Gasteiger partial charge in [-0.1, -0.05) is 0 Å². The Morgan fingerprint density at radius 2 is 2.33 bits per heavy atom. The van der Waals surface area contributed by atoms with Crippen LogP contribution in [-0.4, -0.2) is 22.0 Å². The maximum Gasteiger partial charge on any atom is 0.394 e. The quantitative estimate of drug-likeness (QED) is 0.390. The van der Waals surface area contributed by atoms with Crippen LogP contribution < -0.4 is 0 Å². The molecule has 0 saturated carbocycles. The number of nitrogens with zero attached hydrogens (tertiary/aromatic N) is 2. The van der Waals surface area contributed by atoms with Crippen molar-refractivity contribution < 1.29 is 14.8 Å². The van der Waals surface area contributed by atoms with Gasteiger partial charge in [-0.25, -0.2) is 4.79 Å². The minimum absolute atomic E-state index is 1.00. The van der Waals surface area contributed by atoms with E-state index in [0.29, 0.717) is 0 Å². The van der Waals surface area contributed by atoms with E-state index in [1.165, 1.54) is 0 Å². The molecule has 0 saturated heterocycles. The molecule has 0 aromatic carbocycles. The molecule has 1 N–H and O–H groups in total. The lowest BCUT2D eigenvalue weighted by Crippen LogP contribution is -2.26. The summed E-state index contributed by atoms with van der Waals surface area (Å²) in [5.74, 6) is -1.73. The van der Waals surface area contributed by atoms with Crippen molar-refractivity contribution in [3.63, 3.8) is 0 Å². The van der Waals surface area contributed by atoms with E-state index in [2.05, 4.69) is 0 Å². The highest BCUT2D eigenvalue weighted by Gasteiger charge is 2.27. The molecule has 0 aliphatic heterocycles. The molecule has 6 nitrogen and oxygen atoms in total. The molecular formula is C3H2N2O4. The summed E-state index contributed by atoms with van der Waals surface area (Å²) in [7, 11) is 0. The van der Waals surface area contributed by atoms with Crippen molar-refractivity contribution in [2.24, 2.45) is 0 Å². The van der Waals surface area contributed by atoms with Crippen LogP contribution in [0.5, 0.6) is 0 Å². The Kier molecular flexibility index (Phi) is 2.14. The fourth-order valence-corrected chi connectivity index (χ4v) is 0.193. The summed E-state index contributed by atoms with van der Waals surface area (Å²) < 4.78 is 0. The third kappa shape index (κ3) is 1.73. The van der Waals surface area contributed by atoms with Crippen molar-refractivity contribution in [2.75, 3.05) is 0 Å². The van der Waals surface area contributed by atoms with Gasteiger partial charge in [0.05, 0.1) is 4.92 Å². The molecule has 0 heterocycles. The highest BCUT2D eigenvalue weighted by Crippen LogP contribution is 1.85. The molecule has 0 aromatic rings. The van der Waals surface area contributed by atoms with Gasteiger partial charge in [0.2, 0.25) is 0 Å². The van der Waals surface area contributed by atoms with Crippen molar-refractivity contribution in [1.29, 1.82) is 5.26 Å². The van der Waals surface area contributed by atoms with Crippen LogP contribution in [0.25, 0.3) is 0 Å². The van der Waals surface area contributed by atoms with Crippen LogP contribution in [0.3, 0.4) is 0 Å². The van der Waals surface area contributed by atoms with Crippen LogP contribution in [0.2, 0.25) is 0 Å². The van der Waals surface area contributed by atoms with Crippen molar-refractivity contribution in [1.82, 2.24) is 0 Å². The normalized spacial score (nSPS) is 11.4. The summed E-state index contributed by atoms with van der Waals surface area (Å²) in [5, 5.41) is 25.2. The van der Waals surface area contributed by atoms with E-state index in [-0.39, 0.29) is 0 Å². The summed E-state index contributed by atoms with van der Waals surface area (Å²) in [6.07, 6.45) is 0. The average Bonchev–Trinajstić information content (AvgIpc) is 1.64. The van der Waals surface area contributed by atoms with Crippen molar-refractivity contribution in [3.8, 4) is 6.07 Å². The molecule has 48 valence electrons. The van der Waals surface area contributed by atoms with Crippen LogP contribution in [0.15, 0.2) is 0 Å². The zero-order valence-electron chi connectivity index (χ0n) is 4.14. The third-order valence-corrected chi connectivity index (χ3v) is 0.567. The maximum atomic E-state index is 9.71. The molecule has 0 bridgehead atoms. The van der Waals surface area contributed by atoms with E-state index in [1.807, 2.05) is 0 Å². The number of aliphatic carboxylic acids is 1. The molecule has 0 rings (SSSR count). The molecule has 0 spiro atoms. The van der Waals surface area contributed by atoms with Gasteiger partial charge in [-0.3, -0.25) is 10.1 Å². The first-order valence-corrected chi connectivity index (χ1v) is 1.85. The predicted octanol–water partition coefficient (Wildman–Crippen LogP) is -0.760. The van der Waals surface area contributed by atoms with E-state index in [0.717, 1.165) is 6.07 Å². The van der Waals surface area contributed by atoms with Gasteiger partial charge in [-0.05, 0) is 0 Å². The van der Waals surface area contributed by atoms with Crippen LogP contribution >= 0.6 is 0 Å². The summed E-state index contributed by atoms with van der Waals surface area (Å²) >= 11 is 0. The Labute approximate surface area is 49.5 Å². The first-order chi connectivity index (χ1) is 4.09. The van der Waals surface area contributed by atoms with E-state index in [1.54, 1.807) is 0 Å². The van der Waals surface area contributed by atoms with Crippen molar-refractivity contribution in [3.05, 3.63) is 10.1 Å². The summed E-state index contributed by atoms with van der Waals surface area (Å²) in [5.41, 5.74) is 0. The van der Waals surface area contributed by atoms with Gasteiger partial charge in [0.25, 0.3) is 0 Å². The Bertz CT molecular complexity index is 167. The van der Waals surface area contributed by atoms with Crippen LogP contribution in [-0.2, 0) is 4.79 Å². The van der Waals surface area contributed by atoms with Crippen LogP contribution in [0.1, 0.15) is 0 Å². The standard InChI is InChI=1S/C3H2N2O4/c4-1-2(3(6)7)5(8)9/h2H,(H,6,7). The number of hydrogen-bond acceptors (Lipinski definition) is 4. The minimum atomic E-state index is -2.13. The molecule has 0 amide bonds. The zero-order chi connectivity index (χ0) is 7.44. The first kappa shape index (κ1) is 7.36. The summed E-state index contributed by atoms with van der Waals surface area (Å²) in [6.45, 7) is 0. The van der Waals surface area contributed by atoms with Gasteiger partial charge in [-0.15, -0.1) is 0 Å². The third-order valence-electron chi connectivity index (χ3n) is 0.567. The van der Waals surface area contributed by atoms with Crippen LogP contribution in [0, 0.1) is 21.4 Å². The molecule has 0 fully saturated rings. The Morgan fingerprint density at radius 1 is 1.89 bits per heavy atom. The number of rotatable bonds is 2. The number of nitriles is 1. The first-order valence-electron chi connectivity index (χ1n) is 1.85. The molecule has 0 aliphatic carbocycles. The summed E-state index contributed by atoms with van der Waals surface area (Å²) in [6, 6.07) is -1.13. The zero-order valence-corrected chi connectivity index (χ0v) is 4.14. The van der Waals surface area contributed by atoms with Crippen LogP contribution in [0.4, 0.5) is 0 Å². The lowest BCUT2D eigenvalue weighted by atomic mass is 10.4. The van der Waals surface area contributed by atoms with Gasteiger partial charge in [0, 0.05) is 0 Å². The topological polar surface area (TPSA) is 104 Å². The lowest BCUT2D eigenvalue weighted by molar-refractivity contribution is -0.495. The number of hydrogen-bond donors (Lipinski definition) is 1. The van der Waals surface area contributed by atoms with Gasteiger partial charge >= 0.3 is 12.0 Å². The second-order valence-corrected chi connectivity index (χ2v) is 1.16. The highest BCUT2D eigenvalue weighted by molar-refractivity contribution is 5.74. The molecule has 9 heavy (non-hydrogen) atoms. The molecular weight excluding hydrogens is 128 g/mol. The summed E-state index contributed by atoms with van der Waals surface area (Å²) in [4.78, 5) is 18.1. The van der Waals surface area contributed by atoms with Crippen molar-refractivity contribution in [2.45, 2.75) is 6.04 Å². The average molecular weight is 130 g/mol. The smallest absolute Gasteiger partial charge is 0.394 e. The molecule has 1 unspecified atom stereocenters. The lowest BCUT2D eigenvalue weighted by Gasteiger charge is -1.90. The fourth-order valence-electron chi connectivity index (χ4n) is 0.193. The molecule has 6 heteroatoms. The van der Waals surface area contributed by atoms with Gasteiger partial charge in [0.15, 0.2) is 6.07 Å². The van der Waals surface area contributed by atoms with Crippen molar-refractivity contribution >= 4 is 5.97 Å². The SMILES string of the molecule is N#CC(C(=O)O)[N+](=O)[O-]. The van der Waals surface area contributed by atoms with Gasteiger partial charge < -0.3 is 5.11 Å². The van der Waals surface area contributed by atoms with E-state index < -0.39 is 16.9 Å². The number of carboxylic acid groups (broad SMARTS) is 1. The Hall–Kier alpha value is -1.64. The fraction of sp³-hybridized carbons (Fsp3) is 0.333. The maximum absolute atomic E-state index is 9.71. The highest BCUT2D eigenvalue weighted by atomic mass is 16.6. The molecule has 0 radical (unpaired) electrons. The largest absolute Gasteiger partial charge is 0.475 e. The Balaban J connectivity index is 4.22. The number of nitro groups is 1. The van der Waals surface area contributed by atoms with E-state index in [9.17, 15) is 14.9 Å². The molecule has 0 aliphatic rings. The minimum Gasteiger partial charge on any atom is -0.475 e. The van der Waals surface area contributed by atoms with Gasteiger partial charge in [0.1, 0.15) is 0 Å². The second kappa shape index (κ2) is 2.61. The monoisotopic (exact) mass is 130 g/mol. The van der Waals surface area contributed by atoms with E-state index >= 15 is 0 Å². The van der Waals surface area contributed by atoms with Gasteiger partial charge in [-0.2, -0.15) is 5.26 Å². The second-order valence-electron chi connectivity index (χ2n) is 1.16. The number of carbonyl (C=O) groups is 1. The Morgan fingerprint density at radius 3 is 2.33 bits per heavy atom. The van der Waals surface area contributed by atoms with E-state index in [4.69, 9.17) is 10.4 Å². The predicted molar refractivity (Wildman–Crippen MR) is 24.0 cm³/mol.